The lowest BCUT2D eigenvalue weighted by atomic mass is 9.79. The summed E-state index contributed by atoms with van der Waals surface area (Å²) in [6, 6.07) is 71.3. The molecule has 0 heterocycles. The highest BCUT2D eigenvalue weighted by atomic mass is 16.5. The van der Waals surface area contributed by atoms with E-state index in [4.69, 9.17) is 4.74 Å². The molecule has 70 heavy (non-hydrogen) atoms. The molecule has 12 rings (SSSR count). The Morgan fingerprint density at radius 2 is 0.771 bits per heavy atom. The lowest BCUT2D eigenvalue weighted by Gasteiger charge is -2.27. The maximum Gasteiger partial charge on any atom is 0.136 e. The van der Waals surface area contributed by atoms with E-state index in [-0.39, 0.29) is 10.8 Å². The average Bonchev–Trinajstić information content (AvgIpc) is 3.38. The topological polar surface area (TPSA) is 9.23 Å². The van der Waals surface area contributed by atoms with Crippen LogP contribution in [0.2, 0.25) is 0 Å². The van der Waals surface area contributed by atoms with Gasteiger partial charge in [0, 0.05) is 11.1 Å². The van der Waals surface area contributed by atoms with Crippen molar-refractivity contribution in [2.45, 2.75) is 78.6 Å². The summed E-state index contributed by atoms with van der Waals surface area (Å²) in [6.45, 7) is 16.8. The number of hydrogen-bond donors (Lipinski definition) is 0. The molecule has 0 aliphatic heterocycles. The van der Waals surface area contributed by atoms with E-state index < -0.39 is 0 Å². The zero-order valence-electron chi connectivity index (χ0n) is 41.6. The van der Waals surface area contributed by atoms with E-state index >= 15 is 0 Å². The highest BCUT2D eigenvalue weighted by Crippen LogP contribution is 2.55. The second-order valence-electron chi connectivity index (χ2n) is 21.8. The number of ether oxygens (including phenoxy) is 1. The molecule has 1 heteroatoms. The van der Waals surface area contributed by atoms with Gasteiger partial charge in [-0.05, 0) is 156 Å². The van der Waals surface area contributed by atoms with Gasteiger partial charge in [0.25, 0.3) is 0 Å². The Morgan fingerprint density at radius 3 is 1.29 bits per heavy atom. The minimum atomic E-state index is 0.00172. The third-order valence-electron chi connectivity index (χ3n) is 15.1. The van der Waals surface area contributed by atoms with Crippen molar-refractivity contribution in [2.24, 2.45) is 0 Å². The molecule has 0 aliphatic carbocycles. The fourth-order valence-electron chi connectivity index (χ4n) is 11.4. The predicted octanol–water partition coefficient (Wildman–Crippen LogP) is 20.0. The Balaban J connectivity index is 1.26. The molecule has 12 aromatic carbocycles. The Morgan fingerprint density at radius 1 is 0.343 bits per heavy atom. The van der Waals surface area contributed by atoms with Gasteiger partial charge in [0.1, 0.15) is 5.75 Å². The van der Waals surface area contributed by atoms with Crippen LogP contribution < -0.4 is 4.74 Å². The highest BCUT2D eigenvalue weighted by molar-refractivity contribution is 6.33. The number of benzene rings is 12. The third-order valence-corrected chi connectivity index (χ3v) is 15.1. The summed E-state index contributed by atoms with van der Waals surface area (Å²) in [5.74, 6) is 0.955. The molecular formula is C69H60O. The fraction of sp³-hybridized carbons (Fsp3) is 0.188. The van der Waals surface area contributed by atoms with E-state index in [1.807, 2.05) is 0 Å². The molecule has 1 nitrogen and oxygen atoms in total. The molecule has 0 saturated carbocycles. The van der Waals surface area contributed by atoms with E-state index in [9.17, 15) is 0 Å². The van der Waals surface area contributed by atoms with Gasteiger partial charge in [0.15, 0.2) is 0 Å². The van der Waals surface area contributed by atoms with E-state index in [1.54, 1.807) is 0 Å². The zero-order chi connectivity index (χ0) is 47.9. The Bertz CT molecular complexity index is 3880. The molecule has 0 bridgehead atoms. The van der Waals surface area contributed by atoms with Crippen LogP contribution in [0.25, 0.3) is 120 Å². The SMILES string of the molecule is CCCCCOc1c(-c2cccc(-c3ccccc3)c2)c2ccc3cc(C(C)(C)C)cc4ccc(c1-c1cc(-c5cccc(-c6ccccc6)c5)c5ccc6cc(C(C)(C)C)cc7ccc1c5c67)c2c34. The van der Waals surface area contributed by atoms with Gasteiger partial charge in [-0.3, -0.25) is 0 Å². The second-order valence-corrected chi connectivity index (χ2v) is 21.8. The molecule has 0 fully saturated rings. The van der Waals surface area contributed by atoms with Crippen LogP contribution >= 0.6 is 0 Å². The van der Waals surface area contributed by atoms with Crippen molar-refractivity contribution in [3.05, 3.63) is 199 Å². The molecule has 0 amide bonds. The van der Waals surface area contributed by atoms with Gasteiger partial charge in [-0.2, -0.15) is 0 Å². The summed E-state index contributed by atoms with van der Waals surface area (Å²) >= 11 is 0. The molecule has 12 aromatic rings. The Hall–Kier alpha value is -7.48. The Kier molecular flexibility index (Phi) is 10.6. The molecule has 0 aromatic heterocycles. The maximum absolute atomic E-state index is 7.50. The van der Waals surface area contributed by atoms with E-state index in [0.717, 1.165) is 41.7 Å². The minimum absolute atomic E-state index is 0.00172. The molecule has 0 radical (unpaired) electrons. The molecule has 0 spiro atoms. The van der Waals surface area contributed by atoms with Crippen molar-refractivity contribution in [2.75, 3.05) is 6.61 Å². The predicted molar refractivity (Wildman–Crippen MR) is 303 cm³/mol. The van der Waals surface area contributed by atoms with Crippen LogP contribution in [0.15, 0.2) is 188 Å². The molecule has 0 unspecified atom stereocenters. The smallest absolute Gasteiger partial charge is 0.136 e. The second kappa shape index (κ2) is 16.9. The van der Waals surface area contributed by atoms with Gasteiger partial charge in [-0.25, -0.2) is 0 Å². The van der Waals surface area contributed by atoms with Crippen LogP contribution in [-0.4, -0.2) is 6.61 Å². The monoisotopic (exact) mass is 904 g/mol. The quantitative estimate of drug-likeness (QED) is 0.0981. The van der Waals surface area contributed by atoms with Crippen molar-refractivity contribution in [3.63, 3.8) is 0 Å². The van der Waals surface area contributed by atoms with Gasteiger partial charge < -0.3 is 4.74 Å². The summed E-state index contributed by atoms with van der Waals surface area (Å²) in [6.07, 6.45) is 3.21. The summed E-state index contributed by atoms with van der Waals surface area (Å²) < 4.78 is 7.50. The first kappa shape index (κ1) is 43.8. The van der Waals surface area contributed by atoms with Crippen molar-refractivity contribution < 1.29 is 4.74 Å². The lowest BCUT2D eigenvalue weighted by Crippen LogP contribution is -2.11. The van der Waals surface area contributed by atoms with Gasteiger partial charge in [-0.1, -0.05) is 231 Å². The van der Waals surface area contributed by atoms with E-state index in [2.05, 4.69) is 237 Å². The highest BCUT2D eigenvalue weighted by Gasteiger charge is 2.28. The number of unbranched alkanes of at least 4 members (excludes halogenated alkanes) is 2. The number of hydrogen-bond acceptors (Lipinski definition) is 1. The first-order valence-corrected chi connectivity index (χ1v) is 25.4. The van der Waals surface area contributed by atoms with Crippen molar-refractivity contribution >= 4 is 64.6 Å². The fourth-order valence-corrected chi connectivity index (χ4v) is 11.4. The first-order valence-electron chi connectivity index (χ1n) is 25.4. The van der Waals surface area contributed by atoms with Crippen LogP contribution in [0.1, 0.15) is 78.9 Å². The van der Waals surface area contributed by atoms with Crippen LogP contribution in [0.4, 0.5) is 0 Å². The minimum Gasteiger partial charge on any atom is -0.492 e. The Labute approximate surface area is 413 Å². The van der Waals surface area contributed by atoms with Crippen molar-refractivity contribution in [1.29, 1.82) is 0 Å². The van der Waals surface area contributed by atoms with E-state index in [1.165, 1.54) is 115 Å². The summed E-state index contributed by atoms with van der Waals surface area (Å²) in [7, 11) is 0. The van der Waals surface area contributed by atoms with Gasteiger partial charge in [0.2, 0.25) is 0 Å². The van der Waals surface area contributed by atoms with Crippen LogP contribution in [0.3, 0.4) is 0 Å². The molecule has 0 saturated heterocycles. The van der Waals surface area contributed by atoms with Gasteiger partial charge in [-0.15, -0.1) is 0 Å². The summed E-state index contributed by atoms with van der Waals surface area (Å²) in [5, 5.41) is 15.3. The summed E-state index contributed by atoms with van der Waals surface area (Å²) in [5.41, 5.74) is 14.6. The largest absolute Gasteiger partial charge is 0.492 e. The van der Waals surface area contributed by atoms with Gasteiger partial charge >= 0.3 is 0 Å². The molecule has 342 valence electrons. The lowest BCUT2D eigenvalue weighted by molar-refractivity contribution is 0.309. The van der Waals surface area contributed by atoms with E-state index in [0.29, 0.717) is 6.61 Å². The van der Waals surface area contributed by atoms with Crippen LogP contribution in [-0.2, 0) is 10.8 Å². The zero-order valence-corrected chi connectivity index (χ0v) is 41.6. The first-order chi connectivity index (χ1) is 33.9. The standard InChI is InChI=1S/C69H60O/c1-8-9-16-35-70-67-63(48-26-18-24-46(37-48)44-21-14-11-15-22-44)57-33-29-51-40-54(69(5,6)7)41-52-30-34-58(65(57)62(51)52)66(67)60-42-59(47-25-17-23-45(36-47)43-19-12-10-13-20-43)55-31-27-49-38-53(68(2,3)4)39-50-28-32-56(60)64(55)61(49)50/h10-15,17-34,36-42H,8-9,16,35H2,1-7H3. The normalized spacial score (nSPS) is 12.4. The number of rotatable bonds is 10. The molecular weight excluding hydrogens is 845 g/mol. The van der Waals surface area contributed by atoms with Crippen LogP contribution in [0, 0.1) is 0 Å². The van der Waals surface area contributed by atoms with Crippen molar-refractivity contribution in [3.8, 4) is 61.4 Å². The molecule has 0 atom stereocenters. The van der Waals surface area contributed by atoms with Crippen LogP contribution in [0.5, 0.6) is 5.75 Å². The third kappa shape index (κ3) is 7.37. The van der Waals surface area contributed by atoms with Gasteiger partial charge in [0.05, 0.1) is 6.61 Å². The van der Waals surface area contributed by atoms with Crippen molar-refractivity contribution in [1.82, 2.24) is 0 Å². The average molecular weight is 905 g/mol. The summed E-state index contributed by atoms with van der Waals surface area (Å²) in [4.78, 5) is 0. The molecule has 0 aliphatic rings. The molecule has 0 N–H and O–H groups in total. The maximum atomic E-state index is 7.50.